The van der Waals surface area contributed by atoms with E-state index in [1.54, 1.807) is 0 Å². The van der Waals surface area contributed by atoms with Gasteiger partial charge in [-0.2, -0.15) is 4.39 Å². The summed E-state index contributed by atoms with van der Waals surface area (Å²) in [5.74, 6) is -0.641. The molecule has 3 heteroatoms. The fraction of sp³-hybridized carbons (Fsp3) is 0.333. The van der Waals surface area contributed by atoms with Crippen LogP contribution in [0.3, 0.4) is 0 Å². The molecule has 0 amide bonds. The van der Waals surface area contributed by atoms with Crippen LogP contribution in [0.15, 0.2) is 0 Å². The van der Waals surface area contributed by atoms with E-state index in [9.17, 15) is 9.18 Å². The summed E-state index contributed by atoms with van der Waals surface area (Å²) in [6.45, 7) is 0.971. The summed E-state index contributed by atoms with van der Waals surface area (Å²) in [7, 11) is 0. The third kappa shape index (κ3) is 3.40. The molecule has 0 unspecified atom stereocenters. The third-order valence-electron chi connectivity index (χ3n) is 0.211. The summed E-state index contributed by atoms with van der Waals surface area (Å²) in [5, 5.41) is 0. The zero-order chi connectivity index (χ0) is 4.99. The normalized spacial score (nSPS) is 7.67. The smallest absolute Gasteiger partial charge is 0.307 e. The standard InChI is InChI=1S/C3H4FO2/c1-3(5)6-2-4/h2H,1H3. The van der Waals surface area contributed by atoms with Crippen molar-refractivity contribution in [3.05, 3.63) is 6.86 Å². The number of halogens is 1. The Hall–Kier alpha value is -0.600. The minimum Gasteiger partial charge on any atom is -0.424 e. The Morgan fingerprint density at radius 2 is 2.50 bits per heavy atom. The van der Waals surface area contributed by atoms with Crippen LogP contribution in [-0.2, 0) is 9.53 Å². The molecule has 0 spiro atoms. The van der Waals surface area contributed by atoms with Crippen molar-refractivity contribution in [2.45, 2.75) is 6.92 Å². The molecule has 0 N–H and O–H groups in total. The van der Waals surface area contributed by atoms with Crippen LogP contribution >= 0.6 is 0 Å². The van der Waals surface area contributed by atoms with Gasteiger partial charge in [0, 0.05) is 6.92 Å². The molecule has 6 heavy (non-hydrogen) atoms. The number of hydrogen-bond donors (Lipinski definition) is 0. The Labute approximate surface area is 34.9 Å². The van der Waals surface area contributed by atoms with E-state index in [0.29, 0.717) is 0 Å². The summed E-state index contributed by atoms with van der Waals surface area (Å²) in [4.78, 5) is 9.55. The number of carbonyl (C=O) groups excluding carboxylic acids is 1. The van der Waals surface area contributed by atoms with Gasteiger partial charge in [-0.05, 0) is 0 Å². The number of rotatable bonds is 1. The maximum absolute atomic E-state index is 10.7. The van der Waals surface area contributed by atoms with E-state index in [4.69, 9.17) is 0 Å². The van der Waals surface area contributed by atoms with Crippen molar-refractivity contribution in [3.8, 4) is 0 Å². The van der Waals surface area contributed by atoms with Crippen LogP contribution in [0.4, 0.5) is 4.39 Å². The first-order chi connectivity index (χ1) is 2.77. The molecule has 0 aromatic rings. The van der Waals surface area contributed by atoms with Crippen LogP contribution in [0, 0.1) is 6.86 Å². The predicted molar refractivity (Wildman–Crippen MR) is 17.2 cm³/mol. The Kier molecular flexibility index (Phi) is 2.36. The first-order valence-electron chi connectivity index (χ1n) is 1.36. The molecule has 0 aliphatic rings. The van der Waals surface area contributed by atoms with Crippen molar-refractivity contribution in [3.63, 3.8) is 0 Å². The summed E-state index contributed by atoms with van der Waals surface area (Å²) in [5.41, 5.74) is 0. The van der Waals surface area contributed by atoms with Crippen molar-refractivity contribution >= 4 is 5.97 Å². The highest BCUT2D eigenvalue weighted by atomic mass is 19.1. The van der Waals surface area contributed by atoms with E-state index >= 15 is 0 Å². The van der Waals surface area contributed by atoms with Crippen LogP contribution in [0.5, 0.6) is 0 Å². The second kappa shape index (κ2) is 2.63. The van der Waals surface area contributed by atoms with Crippen LogP contribution in [0.25, 0.3) is 0 Å². The van der Waals surface area contributed by atoms with Gasteiger partial charge in [0.1, 0.15) is 0 Å². The molecule has 0 aromatic carbocycles. The van der Waals surface area contributed by atoms with Gasteiger partial charge in [-0.1, -0.05) is 0 Å². The van der Waals surface area contributed by atoms with Crippen molar-refractivity contribution in [2.75, 3.05) is 0 Å². The lowest BCUT2D eigenvalue weighted by molar-refractivity contribution is -0.139. The molecule has 0 saturated carbocycles. The Morgan fingerprint density at radius 1 is 2.00 bits per heavy atom. The van der Waals surface area contributed by atoms with E-state index in [2.05, 4.69) is 4.74 Å². The van der Waals surface area contributed by atoms with Crippen molar-refractivity contribution in [1.29, 1.82) is 0 Å². The van der Waals surface area contributed by atoms with Gasteiger partial charge in [0.2, 0.25) is 0 Å². The first-order valence-corrected chi connectivity index (χ1v) is 1.36. The topological polar surface area (TPSA) is 26.3 Å². The molecule has 0 aliphatic heterocycles. The minimum atomic E-state index is -0.641. The first kappa shape index (κ1) is 5.40. The SMILES string of the molecule is CC(=O)O[CH]F. The number of carbonyl (C=O) groups is 1. The van der Waals surface area contributed by atoms with Gasteiger partial charge in [-0.15, -0.1) is 0 Å². The lowest BCUT2D eigenvalue weighted by Gasteiger charge is -1.84. The van der Waals surface area contributed by atoms with Crippen molar-refractivity contribution in [2.24, 2.45) is 0 Å². The zero-order valence-corrected chi connectivity index (χ0v) is 3.27. The average molecular weight is 91.1 g/mol. The highest BCUT2D eigenvalue weighted by Crippen LogP contribution is 1.79. The van der Waals surface area contributed by atoms with Crippen molar-refractivity contribution in [1.82, 2.24) is 0 Å². The number of hydrogen-bond acceptors (Lipinski definition) is 2. The largest absolute Gasteiger partial charge is 0.424 e. The molecule has 0 saturated heterocycles. The van der Waals surface area contributed by atoms with Gasteiger partial charge in [0.25, 0.3) is 0 Å². The molecule has 35 valence electrons. The molecule has 0 bridgehead atoms. The second-order valence-electron chi connectivity index (χ2n) is 0.699. The van der Waals surface area contributed by atoms with Gasteiger partial charge in [0.15, 0.2) is 0 Å². The van der Waals surface area contributed by atoms with Crippen molar-refractivity contribution < 1.29 is 13.9 Å². The Balaban J connectivity index is 2.83. The lowest BCUT2D eigenvalue weighted by atomic mass is 10.8. The van der Waals surface area contributed by atoms with Gasteiger partial charge in [0.05, 0.1) is 0 Å². The molecule has 0 aliphatic carbocycles. The van der Waals surface area contributed by atoms with Gasteiger partial charge in [-0.3, -0.25) is 4.79 Å². The maximum Gasteiger partial charge on any atom is 0.307 e. The molecular formula is C3H4FO2. The van der Waals surface area contributed by atoms with Crippen LogP contribution in [0.1, 0.15) is 6.92 Å². The minimum absolute atomic E-state index is 0.150. The van der Waals surface area contributed by atoms with E-state index in [1.165, 1.54) is 0 Å². The molecule has 0 rings (SSSR count). The van der Waals surface area contributed by atoms with E-state index < -0.39 is 5.97 Å². The van der Waals surface area contributed by atoms with Gasteiger partial charge in [-0.25, -0.2) is 0 Å². The summed E-state index contributed by atoms with van der Waals surface area (Å²) in [6.07, 6.45) is 0. The molecule has 2 nitrogen and oxygen atoms in total. The van der Waals surface area contributed by atoms with Crippen LogP contribution in [-0.4, -0.2) is 5.97 Å². The van der Waals surface area contributed by atoms with Crippen LogP contribution < -0.4 is 0 Å². The van der Waals surface area contributed by atoms with E-state index in [0.717, 1.165) is 6.92 Å². The Bertz CT molecular complexity index is 52.8. The highest BCUT2D eigenvalue weighted by molar-refractivity contribution is 5.66. The summed E-state index contributed by atoms with van der Waals surface area (Å²) >= 11 is 0. The van der Waals surface area contributed by atoms with Gasteiger partial charge < -0.3 is 4.74 Å². The predicted octanol–water partition coefficient (Wildman–Crippen LogP) is 0.638. The van der Waals surface area contributed by atoms with E-state index in [-0.39, 0.29) is 6.86 Å². The molecule has 0 heterocycles. The van der Waals surface area contributed by atoms with Crippen LogP contribution in [0.2, 0.25) is 0 Å². The zero-order valence-electron chi connectivity index (χ0n) is 3.27. The molecule has 1 radical (unpaired) electrons. The summed E-state index contributed by atoms with van der Waals surface area (Å²) in [6, 6.07) is 0. The molecular weight excluding hydrogens is 87.0 g/mol. The molecule has 0 fully saturated rings. The third-order valence-corrected chi connectivity index (χ3v) is 0.211. The molecule has 0 atom stereocenters. The summed E-state index contributed by atoms with van der Waals surface area (Å²) < 4.78 is 14.3. The quantitative estimate of drug-likeness (QED) is 0.442. The lowest BCUT2D eigenvalue weighted by Crippen LogP contribution is -1.90. The average Bonchev–Trinajstić information content (AvgIpc) is 1.35. The van der Waals surface area contributed by atoms with E-state index in [1.807, 2.05) is 0 Å². The maximum atomic E-state index is 10.7. The monoisotopic (exact) mass is 91.0 g/mol. The molecule has 0 aromatic heterocycles. The fourth-order valence-corrected chi connectivity index (χ4v) is 0.0627. The Morgan fingerprint density at radius 3 is 2.50 bits per heavy atom. The number of esters is 1. The highest BCUT2D eigenvalue weighted by Gasteiger charge is 1.85. The fourth-order valence-electron chi connectivity index (χ4n) is 0.0627. The van der Waals surface area contributed by atoms with Gasteiger partial charge >= 0.3 is 12.8 Å². The number of ether oxygens (including phenoxy) is 1. The second-order valence-corrected chi connectivity index (χ2v) is 0.699.